The first-order chi connectivity index (χ1) is 14.9. The Hall–Kier alpha value is -2.64. The van der Waals surface area contributed by atoms with E-state index in [-0.39, 0.29) is 11.8 Å². The van der Waals surface area contributed by atoms with Gasteiger partial charge in [0.05, 0.1) is 23.6 Å². The number of nitrogens with zero attached hydrogens (tertiary/aromatic N) is 5. The molecule has 1 aromatic heterocycles. The normalized spacial score (nSPS) is 17.5. The van der Waals surface area contributed by atoms with Crippen LogP contribution in [-0.2, 0) is 11.8 Å². The Bertz CT molecular complexity index is 974. The molecule has 7 heteroatoms. The van der Waals surface area contributed by atoms with Crippen LogP contribution >= 0.6 is 0 Å². The van der Waals surface area contributed by atoms with Crippen LogP contribution in [0.25, 0.3) is 0 Å². The number of benzene rings is 1. The molecule has 1 saturated heterocycles. The van der Waals surface area contributed by atoms with Gasteiger partial charge in [0.1, 0.15) is 5.69 Å². The fourth-order valence-corrected chi connectivity index (χ4v) is 4.61. The van der Waals surface area contributed by atoms with Crippen molar-refractivity contribution in [3.05, 3.63) is 41.7 Å². The summed E-state index contributed by atoms with van der Waals surface area (Å²) in [4.78, 5) is 35.6. The third-order valence-corrected chi connectivity index (χ3v) is 6.36. The van der Waals surface area contributed by atoms with Gasteiger partial charge < -0.3 is 14.4 Å². The van der Waals surface area contributed by atoms with Gasteiger partial charge in [0, 0.05) is 46.0 Å². The summed E-state index contributed by atoms with van der Waals surface area (Å²) in [6.07, 6.45) is 3.86. The lowest BCUT2D eigenvalue weighted by atomic mass is 10.2. The van der Waals surface area contributed by atoms with Crippen LogP contribution in [-0.4, -0.2) is 72.5 Å². The Labute approximate surface area is 184 Å². The van der Waals surface area contributed by atoms with Gasteiger partial charge in [-0.15, -0.1) is 0 Å². The molecule has 2 aromatic rings. The molecule has 1 fully saturated rings. The highest BCUT2D eigenvalue weighted by Crippen LogP contribution is 2.43. The molecule has 0 unspecified atom stereocenters. The molecule has 2 aliphatic heterocycles. The van der Waals surface area contributed by atoms with Gasteiger partial charge in [-0.05, 0) is 38.1 Å². The lowest BCUT2D eigenvalue weighted by Crippen LogP contribution is -2.48. The first-order valence-corrected chi connectivity index (χ1v) is 11.2. The number of fused-ring (bicyclic) bond motifs is 2. The second-order valence-electron chi connectivity index (χ2n) is 8.73. The smallest absolute Gasteiger partial charge is 0.277 e. The van der Waals surface area contributed by atoms with Gasteiger partial charge in [0.2, 0.25) is 5.91 Å². The molecule has 0 N–H and O–H groups in total. The number of piperazine rings is 1. The van der Waals surface area contributed by atoms with Crippen LogP contribution in [0.4, 0.5) is 17.1 Å². The van der Waals surface area contributed by atoms with Crippen LogP contribution in [0.15, 0.2) is 30.5 Å². The number of aromatic nitrogens is 1. The van der Waals surface area contributed by atoms with Crippen molar-refractivity contribution in [1.82, 2.24) is 14.4 Å². The zero-order valence-electron chi connectivity index (χ0n) is 19.1. The van der Waals surface area contributed by atoms with E-state index in [4.69, 9.17) is 0 Å². The van der Waals surface area contributed by atoms with Gasteiger partial charge in [-0.2, -0.15) is 0 Å². The summed E-state index contributed by atoms with van der Waals surface area (Å²) in [5.41, 5.74) is 3.83. The molecule has 31 heavy (non-hydrogen) atoms. The number of rotatable bonds is 5. The van der Waals surface area contributed by atoms with E-state index in [0.717, 1.165) is 61.6 Å². The van der Waals surface area contributed by atoms with E-state index < -0.39 is 0 Å². The molecule has 2 amide bonds. The van der Waals surface area contributed by atoms with Crippen molar-refractivity contribution in [2.45, 2.75) is 26.7 Å². The van der Waals surface area contributed by atoms with Crippen LogP contribution in [0.3, 0.4) is 0 Å². The van der Waals surface area contributed by atoms with E-state index in [9.17, 15) is 9.59 Å². The average molecular weight is 424 g/mol. The lowest BCUT2D eigenvalue weighted by Gasteiger charge is -2.33. The summed E-state index contributed by atoms with van der Waals surface area (Å²) in [6, 6.07) is 7.81. The first kappa shape index (κ1) is 21.6. The summed E-state index contributed by atoms with van der Waals surface area (Å²) in [5.74, 6) is -0.0286. The van der Waals surface area contributed by atoms with Crippen molar-refractivity contribution < 1.29 is 9.59 Å². The largest absolute Gasteiger partial charge is 0.345 e. The number of unbranched alkanes of at least 4 members (excludes halogenated alkanes) is 1. The first-order valence-electron chi connectivity index (χ1n) is 11.2. The number of likely N-dealkylation sites (N-methyl/N-ethyl adjacent to an activating group) is 1. The van der Waals surface area contributed by atoms with Crippen LogP contribution in [0.2, 0.25) is 0 Å². The molecule has 0 saturated carbocycles. The number of carbonyl (C=O) groups is 2. The molecule has 0 radical (unpaired) electrons. The zero-order chi connectivity index (χ0) is 22.1. The highest BCUT2D eigenvalue weighted by atomic mass is 16.2. The minimum Gasteiger partial charge on any atom is -0.345 e. The molecule has 0 spiro atoms. The van der Waals surface area contributed by atoms with Gasteiger partial charge in [-0.25, -0.2) is 0 Å². The number of hydrogen-bond acceptors (Lipinski definition) is 4. The topological polar surface area (TPSA) is 52.0 Å². The third kappa shape index (κ3) is 4.00. The van der Waals surface area contributed by atoms with Gasteiger partial charge >= 0.3 is 0 Å². The maximum absolute atomic E-state index is 13.7. The monoisotopic (exact) mass is 423 g/mol. The lowest BCUT2D eigenvalue weighted by molar-refractivity contribution is -0.119. The molecule has 0 bridgehead atoms. The minimum atomic E-state index is -0.0404. The fourth-order valence-electron chi connectivity index (χ4n) is 4.61. The molecule has 2 aliphatic rings. The van der Waals surface area contributed by atoms with E-state index in [1.807, 2.05) is 53.9 Å². The van der Waals surface area contributed by atoms with Crippen molar-refractivity contribution in [2.24, 2.45) is 7.05 Å². The van der Waals surface area contributed by atoms with E-state index >= 15 is 0 Å². The van der Waals surface area contributed by atoms with Crippen LogP contribution in [0.5, 0.6) is 0 Å². The quantitative estimate of drug-likeness (QED) is 0.742. The molecule has 3 heterocycles. The van der Waals surface area contributed by atoms with E-state index in [1.54, 1.807) is 4.90 Å². The van der Waals surface area contributed by atoms with Gasteiger partial charge in [0.25, 0.3) is 5.91 Å². The average Bonchev–Trinajstić information content (AvgIpc) is 2.98. The van der Waals surface area contributed by atoms with Gasteiger partial charge in [-0.1, -0.05) is 25.5 Å². The Morgan fingerprint density at radius 2 is 1.71 bits per heavy atom. The summed E-state index contributed by atoms with van der Waals surface area (Å²) < 4.78 is 1.87. The number of amides is 2. The van der Waals surface area contributed by atoms with E-state index in [1.165, 1.54) is 0 Å². The molecular formula is C24H33N5O2. The van der Waals surface area contributed by atoms with E-state index in [2.05, 4.69) is 23.8 Å². The highest BCUT2D eigenvalue weighted by molar-refractivity contribution is 6.19. The van der Waals surface area contributed by atoms with Crippen molar-refractivity contribution in [1.29, 1.82) is 0 Å². The van der Waals surface area contributed by atoms with Crippen molar-refractivity contribution in [2.75, 3.05) is 56.1 Å². The standard InChI is InChI=1S/C24H33N5O2/c1-5-6-11-28-19-9-7-8-10-20(19)29(21(30)17-27-14-12-25(3)13-15-27)22-18(2)16-26(4)23(22)24(28)31/h7-10,16H,5-6,11-15,17H2,1-4H3. The minimum absolute atomic E-state index is 0.0118. The Kier molecular flexibility index (Phi) is 6.16. The summed E-state index contributed by atoms with van der Waals surface area (Å²) in [6.45, 7) is 8.76. The molecule has 166 valence electrons. The number of hydrogen-bond donors (Lipinski definition) is 0. The zero-order valence-corrected chi connectivity index (χ0v) is 19.1. The molecule has 0 aliphatic carbocycles. The number of para-hydroxylation sites is 2. The Morgan fingerprint density at radius 3 is 2.39 bits per heavy atom. The fraction of sp³-hybridized carbons (Fsp3) is 0.500. The second-order valence-corrected chi connectivity index (χ2v) is 8.73. The molecular weight excluding hydrogens is 390 g/mol. The molecule has 0 atom stereocenters. The van der Waals surface area contributed by atoms with Crippen LogP contribution in [0.1, 0.15) is 35.8 Å². The molecule has 4 rings (SSSR count). The summed E-state index contributed by atoms with van der Waals surface area (Å²) in [7, 11) is 4.00. The maximum atomic E-state index is 13.7. The van der Waals surface area contributed by atoms with Crippen LogP contribution in [0, 0.1) is 6.92 Å². The number of anilines is 3. The summed E-state index contributed by atoms with van der Waals surface area (Å²) in [5, 5.41) is 0. The highest BCUT2D eigenvalue weighted by Gasteiger charge is 2.37. The number of carbonyl (C=O) groups excluding carboxylic acids is 2. The summed E-state index contributed by atoms with van der Waals surface area (Å²) >= 11 is 0. The molecule has 7 nitrogen and oxygen atoms in total. The predicted octanol–water partition coefficient (Wildman–Crippen LogP) is 3.01. The van der Waals surface area contributed by atoms with E-state index in [0.29, 0.717) is 18.8 Å². The van der Waals surface area contributed by atoms with Gasteiger partial charge in [-0.3, -0.25) is 19.4 Å². The van der Waals surface area contributed by atoms with Crippen molar-refractivity contribution >= 4 is 28.9 Å². The third-order valence-electron chi connectivity index (χ3n) is 6.36. The second kappa shape index (κ2) is 8.85. The molecule has 1 aromatic carbocycles. The van der Waals surface area contributed by atoms with Crippen LogP contribution < -0.4 is 9.80 Å². The van der Waals surface area contributed by atoms with Crippen molar-refractivity contribution in [3.8, 4) is 0 Å². The Morgan fingerprint density at radius 1 is 1.03 bits per heavy atom. The SMILES string of the molecule is CCCCN1C(=O)c2c(c(C)cn2C)N(C(=O)CN2CCN(C)CC2)c2ccccc21. The predicted molar refractivity (Wildman–Crippen MR) is 124 cm³/mol. The van der Waals surface area contributed by atoms with Gasteiger partial charge in [0.15, 0.2) is 0 Å². The maximum Gasteiger partial charge on any atom is 0.277 e. The Balaban J connectivity index is 1.79. The number of aryl methyl sites for hydroxylation is 2. The van der Waals surface area contributed by atoms with Crippen molar-refractivity contribution in [3.63, 3.8) is 0 Å².